The second-order valence-electron chi connectivity index (χ2n) is 0.959. The second-order valence-corrected chi connectivity index (χ2v) is 0.959. The molecule has 0 aromatic rings. The highest BCUT2D eigenvalue weighted by Crippen LogP contribution is 1.82. The fraction of sp³-hybridized carbons (Fsp3) is 1.00. The summed E-state index contributed by atoms with van der Waals surface area (Å²) >= 11 is 0. The van der Waals surface area contributed by atoms with E-state index in [0.29, 0.717) is 0 Å². The molecule has 0 saturated carbocycles. The maximum atomic E-state index is 4.64. The first-order valence-corrected chi connectivity index (χ1v) is 1.69. The number of hydrogen-bond donors (Lipinski definition) is 1. The van der Waals surface area contributed by atoms with Gasteiger partial charge in [-0.05, 0) is 6.32 Å². The molecule has 1 aliphatic rings. The van der Waals surface area contributed by atoms with Gasteiger partial charge in [0.1, 0.15) is 0 Å². The maximum absolute atomic E-state index is 4.64. The molecule has 0 atom stereocenters. The minimum Gasteiger partial charge on any atom is -0.315 e. The van der Waals surface area contributed by atoms with Crippen LogP contribution in [0.25, 0.3) is 0 Å². The molecule has 0 aromatic heterocycles. The second kappa shape index (κ2) is 1.43. The quantitative estimate of drug-likeness (QED) is 0.390. The first-order valence-electron chi connectivity index (χ1n) is 1.69. The van der Waals surface area contributed by atoms with Crippen LogP contribution in [0.5, 0.6) is 0 Å². The molecule has 0 unspecified atom stereocenters. The zero-order valence-corrected chi connectivity index (χ0v) is 2.90. The molecular formula is C2H5BNO. The third-order valence-corrected chi connectivity index (χ3v) is 0.531. The zero-order valence-electron chi connectivity index (χ0n) is 2.90. The van der Waals surface area contributed by atoms with Crippen LogP contribution in [0.15, 0.2) is 0 Å². The van der Waals surface area contributed by atoms with Crippen molar-refractivity contribution in [2.45, 2.75) is 6.32 Å². The van der Waals surface area contributed by atoms with Crippen molar-refractivity contribution in [1.82, 2.24) is 5.39 Å². The van der Waals surface area contributed by atoms with Gasteiger partial charge >= 0.3 is 0 Å². The summed E-state index contributed by atoms with van der Waals surface area (Å²) in [5, 5.41) is 2.60. The van der Waals surface area contributed by atoms with E-state index in [4.69, 9.17) is 0 Å². The molecule has 0 amide bonds. The Balaban J connectivity index is 2.08. The standard InChI is InChI=1S/C2H5BNO/c1-2-5-4-3-1/h4H,1-2H2. The van der Waals surface area contributed by atoms with Crippen molar-refractivity contribution in [3.8, 4) is 0 Å². The van der Waals surface area contributed by atoms with Crippen molar-refractivity contribution in [1.29, 1.82) is 0 Å². The maximum Gasteiger partial charge on any atom is 0.244 e. The lowest BCUT2D eigenvalue weighted by molar-refractivity contribution is 0.128. The van der Waals surface area contributed by atoms with Gasteiger partial charge in [-0.1, -0.05) is 0 Å². The van der Waals surface area contributed by atoms with Gasteiger partial charge in [0, 0.05) is 0 Å². The van der Waals surface area contributed by atoms with Crippen LogP contribution in [0.1, 0.15) is 0 Å². The van der Waals surface area contributed by atoms with E-state index in [1.54, 1.807) is 0 Å². The monoisotopic (exact) mass is 70.0 g/mol. The van der Waals surface area contributed by atoms with E-state index in [1.165, 1.54) is 0 Å². The van der Waals surface area contributed by atoms with Gasteiger partial charge in [0.15, 0.2) is 0 Å². The van der Waals surface area contributed by atoms with Crippen LogP contribution in [0.4, 0.5) is 0 Å². The Bertz CT molecular complexity index is 21.2. The Morgan fingerprint density at radius 2 is 2.80 bits per heavy atom. The molecule has 1 N–H and O–H groups in total. The molecule has 1 aliphatic heterocycles. The van der Waals surface area contributed by atoms with E-state index in [9.17, 15) is 0 Å². The molecule has 0 bridgehead atoms. The van der Waals surface area contributed by atoms with E-state index >= 15 is 0 Å². The van der Waals surface area contributed by atoms with Crippen LogP contribution in [0.3, 0.4) is 0 Å². The van der Waals surface area contributed by atoms with Gasteiger partial charge in [0.25, 0.3) is 0 Å². The number of hydrogen-bond acceptors (Lipinski definition) is 2. The summed E-state index contributed by atoms with van der Waals surface area (Å²) in [5.74, 6) is 0. The lowest BCUT2D eigenvalue weighted by Crippen LogP contribution is -2.05. The molecule has 1 heterocycles. The first-order chi connectivity index (χ1) is 2.50. The van der Waals surface area contributed by atoms with Gasteiger partial charge in [-0.15, -0.1) is 0 Å². The van der Waals surface area contributed by atoms with Gasteiger partial charge in [-0.3, -0.25) is 5.39 Å². The Labute approximate surface area is 31.7 Å². The summed E-state index contributed by atoms with van der Waals surface area (Å²) in [4.78, 5) is 4.64. The predicted octanol–water partition coefficient (Wildman–Crippen LogP) is -0.441. The van der Waals surface area contributed by atoms with Crippen LogP contribution in [-0.2, 0) is 4.84 Å². The smallest absolute Gasteiger partial charge is 0.244 e. The largest absolute Gasteiger partial charge is 0.315 e. The van der Waals surface area contributed by atoms with E-state index in [0.717, 1.165) is 12.9 Å². The van der Waals surface area contributed by atoms with E-state index < -0.39 is 0 Å². The lowest BCUT2D eigenvalue weighted by atomic mass is 9.94. The third-order valence-electron chi connectivity index (χ3n) is 0.531. The lowest BCUT2D eigenvalue weighted by Gasteiger charge is -1.80. The molecule has 3 heteroatoms. The summed E-state index contributed by atoms with van der Waals surface area (Å²) in [6.07, 6.45) is 1.04. The Hall–Kier alpha value is -0.0151. The highest BCUT2D eigenvalue weighted by molar-refractivity contribution is 6.32. The SMILES string of the molecule is [B]1CCON1. The van der Waals surface area contributed by atoms with Gasteiger partial charge in [-0.25, -0.2) is 0 Å². The van der Waals surface area contributed by atoms with Crippen molar-refractivity contribution >= 4 is 7.41 Å². The van der Waals surface area contributed by atoms with Crippen LogP contribution < -0.4 is 5.39 Å². The molecule has 5 heavy (non-hydrogen) atoms. The molecule has 1 rings (SSSR count). The van der Waals surface area contributed by atoms with E-state index in [1.807, 2.05) is 7.41 Å². The summed E-state index contributed by atoms with van der Waals surface area (Å²) in [7, 11) is 1.89. The average Bonchev–Trinajstić information content (AvgIpc) is 1.76. The predicted molar refractivity (Wildman–Crippen MR) is 19.6 cm³/mol. The van der Waals surface area contributed by atoms with Crippen molar-refractivity contribution in [2.75, 3.05) is 6.61 Å². The Morgan fingerprint density at radius 3 is 3.00 bits per heavy atom. The molecule has 1 fully saturated rings. The van der Waals surface area contributed by atoms with Crippen LogP contribution in [-0.4, -0.2) is 14.0 Å². The molecule has 1 saturated heterocycles. The minimum atomic E-state index is 0.833. The minimum absolute atomic E-state index is 0.833. The van der Waals surface area contributed by atoms with Gasteiger partial charge in [0.05, 0.1) is 6.61 Å². The normalized spacial score (nSPS) is 22.4. The molecule has 2 nitrogen and oxygen atoms in total. The molecule has 27 valence electrons. The fourth-order valence-electron chi connectivity index (χ4n) is 0.295. The molecule has 0 aromatic carbocycles. The van der Waals surface area contributed by atoms with Crippen molar-refractivity contribution in [2.24, 2.45) is 0 Å². The number of rotatable bonds is 0. The molecule has 0 aliphatic carbocycles. The van der Waals surface area contributed by atoms with Crippen molar-refractivity contribution in [3.05, 3.63) is 0 Å². The third kappa shape index (κ3) is 0.632. The van der Waals surface area contributed by atoms with E-state index in [2.05, 4.69) is 10.2 Å². The van der Waals surface area contributed by atoms with Gasteiger partial charge in [-0.2, -0.15) is 0 Å². The van der Waals surface area contributed by atoms with Crippen LogP contribution in [0, 0.1) is 0 Å². The summed E-state index contributed by atoms with van der Waals surface area (Å²) in [6.45, 7) is 0.833. The Morgan fingerprint density at radius 1 is 1.80 bits per heavy atom. The van der Waals surface area contributed by atoms with Gasteiger partial charge in [0.2, 0.25) is 7.41 Å². The topological polar surface area (TPSA) is 21.3 Å². The Kier molecular flexibility index (Phi) is 0.910. The summed E-state index contributed by atoms with van der Waals surface area (Å²) < 4.78 is 0. The highest BCUT2D eigenvalue weighted by atomic mass is 16.6. The van der Waals surface area contributed by atoms with Crippen molar-refractivity contribution in [3.63, 3.8) is 0 Å². The molecule has 0 spiro atoms. The van der Waals surface area contributed by atoms with Crippen LogP contribution >= 0.6 is 0 Å². The van der Waals surface area contributed by atoms with Crippen LogP contribution in [0.2, 0.25) is 6.32 Å². The van der Waals surface area contributed by atoms with E-state index in [-0.39, 0.29) is 0 Å². The summed E-state index contributed by atoms with van der Waals surface area (Å²) in [5.41, 5.74) is 0. The summed E-state index contributed by atoms with van der Waals surface area (Å²) in [6, 6.07) is 0. The number of nitrogens with one attached hydrogen (secondary N) is 1. The fourth-order valence-corrected chi connectivity index (χ4v) is 0.295. The average molecular weight is 69.9 g/mol. The van der Waals surface area contributed by atoms with Crippen molar-refractivity contribution < 1.29 is 4.84 Å². The zero-order chi connectivity index (χ0) is 3.54. The van der Waals surface area contributed by atoms with Gasteiger partial charge < -0.3 is 4.84 Å². The highest BCUT2D eigenvalue weighted by Gasteiger charge is 1.96. The molecular weight excluding hydrogens is 64.8 g/mol. The first kappa shape index (κ1) is 3.19. The molecule has 1 radical (unpaired) electrons.